The first-order valence-corrected chi connectivity index (χ1v) is 7.53. The molecule has 0 saturated heterocycles. The Balaban J connectivity index is 2.57. The molecule has 0 radical (unpaired) electrons. The fourth-order valence-electron chi connectivity index (χ4n) is 1.47. The highest BCUT2D eigenvalue weighted by atomic mass is 32.2. The summed E-state index contributed by atoms with van der Waals surface area (Å²) < 4.78 is 26.2. The molecule has 0 saturated carbocycles. The van der Waals surface area contributed by atoms with Crippen molar-refractivity contribution in [2.75, 3.05) is 13.1 Å². The zero-order valence-electron chi connectivity index (χ0n) is 10.8. The predicted octanol–water partition coefficient (Wildman–Crippen LogP) is -0.0502. The molecule has 0 aliphatic heterocycles. The van der Waals surface area contributed by atoms with E-state index in [4.69, 9.17) is 5.73 Å². The third-order valence-electron chi connectivity index (χ3n) is 2.49. The van der Waals surface area contributed by atoms with Crippen LogP contribution in [0.15, 0.2) is 29.2 Å². The summed E-state index contributed by atoms with van der Waals surface area (Å²) >= 11 is 0. The molecule has 0 aliphatic rings. The highest BCUT2D eigenvalue weighted by molar-refractivity contribution is 7.89. The molecule has 0 aliphatic carbocycles. The van der Waals surface area contributed by atoms with Crippen LogP contribution in [0.4, 0.5) is 0 Å². The summed E-state index contributed by atoms with van der Waals surface area (Å²) in [6, 6.07) is 6.32. The molecule has 6 nitrogen and oxygen atoms in total. The van der Waals surface area contributed by atoms with Crippen molar-refractivity contribution >= 4 is 15.9 Å². The molecule has 106 valence electrons. The second kappa shape index (κ2) is 7.22. The van der Waals surface area contributed by atoms with Crippen molar-refractivity contribution in [3.63, 3.8) is 0 Å². The number of hydrogen-bond donors (Lipinski definition) is 3. The van der Waals surface area contributed by atoms with E-state index in [1.54, 1.807) is 19.1 Å². The van der Waals surface area contributed by atoms with Crippen LogP contribution in [0.25, 0.3) is 0 Å². The van der Waals surface area contributed by atoms with Gasteiger partial charge in [-0.25, -0.2) is 13.1 Å². The van der Waals surface area contributed by atoms with Crippen molar-refractivity contribution in [2.24, 2.45) is 5.73 Å². The van der Waals surface area contributed by atoms with Crippen LogP contribution in [0.3, 0.4) is 0 Å². The molecule has 0 fully saturated rings. The molecule has 0 atom stereocenters. The zero-order chi connectivity index (χ0) is 14.3. The maximum Gasteiger partial charge on any atom is 0.240 e. The van der Waals surface area contributed by atoms with Crippen LogP contribution in [0, 0.1) is 0 Å². The Morgan fingerprint density at radius 1 is 1.26 bits per heavy atom. The second-order valence-electron chi connectivity index (χ2n) is 3.95. The summed E-state index contributed by atoms with van der Waals surface area (Å²) in [5.74, 6) is -0.177. The van der Waals surface area contributed by atoms with E-state index in [0.29, 0.717) is 13.1 Å². The van der Waals surface area contributed by atoms with E-state index in [2.05, 4.69) is 10.0 Å². The summed E-state index contributed by atoms with van der Waals surface area (Å²) in [5.41, 5.74) is 6.30. The van der Waals surface area contributed by atoms with E-state index in [9.17, 15) is 13.2 Å². The van der Waals surface area contributed by atoms with Gasteiger partial charge < -0.3 is 11.1 Å². The van der Waals surface area contributed by atoms with Gasteiger partial charge >= 0.3 is 0 Å². The topological polar surface area (TPSA) is 101 Å². The average molecular weight is 285 g/mol. The Kier molecular flexibility index (Phi) is 5.94. The van der Waals surface area contributed by atoms with Gasteiger partial charge in [0.2, 0.25) is 15.9 Å². The van der Waals surface area contributed by atoms with E-state index >= 15 is 0 Å². The molecular formula is C12H19N3O3S. The number of rotatable bonds is 7. The lowest BCUT2D eigenvalue weighted by Gasteiger charge is -2.07. The number of hydrogen-bond acceptors (Lipinski definition) is 4. The summed E-state index contributed by atoms with van der Waals surface area (Å²) in [6.45, 7) is 2.78. The molecule has 19 heavy (non-hydrogen) atoms. The van der Waals surface area contributed by atoms with Crippen molar-refractivity contribution < 1.29 is 13.2 Å². The Hall–Kier alpha value is -1.44. The minimum atomic E-state index is -3.57. The Labute approximate surface area is 113 Å². The first-order valence-electron chi connectivity index (χ1n) is 6.05. The number of carbonyl (C=O) groups is 1. The summed E-state index contributed by atoms with van der Waals surface area (Å²) in [4.78, 5) is 11.4. The molecule has 4 N–H and O–H groups in total. The number of nitrogens with one attached hydrogen (secondary N) is 2. The lowest BCUT2D eigenvalue weighted by molar-refractivity contribution is -0.120. The van der Waals surface area contributed by atoms with Gasteiger partial charge in [0, 0.05) is 26.1 Å². The van der Waals surface area contributed by atoms with Gasteiger partial charge in [-0.1, -0.05) is 12.1 Å². The lowest BCUT2D eigenvalue weighted by atomic mass is 10.2. The van der Waals surface area contributed by atoms with Crippen LogP contribution in [0.5, 0.6) is 0 Å². The molecule has 1 aromatic rings. The number of carbonyl (C=O) groups excluding carboxylic acids is 1. The number of nitrogens with two attached hydrogens (primary N) is 1. The maximum atomic E-state index is 11.9. The quantitative estimate of drug-likeness (QED) is 0.653. The van der Waals surface area contributed by atoms with Crippen molar-refractivity contribution in [3.8, 4) is 0 Å². The summed E-state index contributed by atoms with van der Waals surface area (Å²) in [7, 11) is -3.57. The molecule has 0 aromatic heterocycles. The molecule has 7 heteroatoms. The van der Waals surface area contributed by atoms with Crippen molar-refractivity contribution in [1.29, 1.82) is 0 Å². The van der Waals surface area contributed by atoms with E-state index in [-0.39, 0.29) is 23.8 Å². The van der Waals surface area contributed by atoms with Gasteiger partial charge in [-0.2, -0.15) is 0 Å². The van der Waals surface area contributed by atoms with Crippen molar-refractivity contribution in [3.05, 3.63) is 29.8 Å². The van der Waals surface area contributed by atoms with E-state index in [0.717, 1.165) is 5.56 Å². The minimum absolute atomic E-state index is 0.0762. The molecular weight excluding hydrogens is 266 g/mol. The molecule has 1 amide bonds. The first-order chi connectivity index (χ1) is 8.99. The predicted molar refractivity (Wildman–Crippen MR) is 72.8 cm³/mol. The van der Waals surface area contributed by atoms with Crippen LogP contribution in [-0.4, -0.2) is 27.4 Å². The monoisotopic (exact) mass is 285 g/mol. The summed E-state index contributed by atoms with van der Waals surface area (Å²) in [6.07, 6.45) is 0.119. The van der Waals surface area contributed by atoms with Crippen molar-refractivity contribution in [1.82, 2.24) is 10.0 Å². The lowest BCUT2D eigenvalue weighted by Crippen LogP contribution is -2.30. The smallest absolute Gasteiger partial charge is 0.240 e. The molecule has 1 rings (SSSR count). The Morgan fingerprint density at radius 3 is 2.42 bits per heavy atom. The number of sulfonamides is 1. The van der Waals surface area contributed by atoms with Crippen molar-refractivity contribution in [2.45, 2.75) is 24.8 Å². The maximum absolute atomic E-state index is 11.9. The standard InChI is InChI=1S/C12H19N3O3S/c1-2-14-12(16)7-8-15-19(17,18)11-5-3-10(9-13)4-6-11/h3-6,15H,2,7-9,13H2,1H3,(H,14,16). The normalized spacial score (nSPS) is 11.3. The molecule has 1 aromatic carbocycles. The number of amides is 1. The highest BCUT2D eigenvalue weighted by Gasteiger charge is 2.13. The minimum Gasteiger partial charge on any atom is -0.356 e. The SMILES string of the molecule is CCNC(=O)CCNS(=O)(=O)c1ccc(CN)cc1. The number of benzene rings is 1. The van der Waals surface area contributed by atoms with E-state index in [1.807, 2.05) is 0 Å². The van der Waals surface area contributed by atoms with Gasteiger partial charge in [-0.05, 0) is 24.6 Å². The van der Waals surface area contributed by atoms with E-state index in [1.165, 1.54) is 12.1 Å². The largest absolute Gasteiger partial charge is 0.356 e. The van der Waals surface area contributed by atoms with Crippen LogP contribution in [0.2, 0.25) is 0 Å². The van der Waals surface area contributed by atoms with Gasteiger partial charge in [0.1, 0.15) is 0 Å². The van der Waals surface area contributed by atoms with Gasteiger partial charge in [0.25, 0.3) is 0 Å². The van der Waals surface area contributed by atoms with Gasteiger partial charge in [0.15, 0.2) is 0 Å². The van der Waals surface area contributed by atoms with Gasteiger partial charge in [-0.15, -0.1) is 0 Å². The molecule has 0 unspecified atom stereocenters. The fourth-order valence-corrected chi connectivity index (χ4v) is 2.50. The Morgan fingerprint density at radius 2 is 1.89 bits per heavy atom. The zero-order valence-corrected chi connectivity index (χ0v) is 11.7. The third-order valence-corrected chi connectivity index (χ3v) is 3.96. The third kappa shape index (κ3) is 4.98. The first kappa shape index (κ1) is 15.6. The van der Waals surface area contributed by atoms with Crippen LogP contribution in [0.1, 0.15) is 18.9 Å². The molecule has 0 spiro atoms. The summed E-state index contributed by atoms with van der Waals surface area (Å²) in [5, 5.41) is 2.60. The van der Waals surface area contributed by atoms with Crippen LogP contribution >= 0.6 is 0 Å². The van der Waals surface area contributed by atoms with Gasteiger partial charge in [0.05, 0.1) is 4.90 Å². The van der Waals surface area contributed by atoms with Gasteiger partial charge in [-0.3, -0.25) is 4.79 Å². The Bertz CT molecular complexity index is 512. The van der Waals surface area contributed by atoms with Crippen LogP contribution in [-0.2, 0) is 21.4 Å². The average Bonchev–Trinajstić information content (AvgIpc) is 2.39. The second-order valence-corrected chi connectivity index (χ2v) is 5.72. The molecule has 0 heterocycles. The molecule has 0 bridgehead atoms. The van der Waals surface area contributed by atoms with E-state index < -0.39 is 10.0 Å². The fraction of sp³-hybridized carbons (Fsp3) is 0.417. The highest BCUT2D eigenvalue weighted by Crippen LogP contribution is 2.09. The van der Waals surface area contributed by atoms with Crippen LogP contribution < -0.4 is 15.8 Å².